The van der Waals surface area contributed by atoms with Gasteiger partial charge in [0.25, 0.3) is 15.9 Å². The third-order valence-electron chi connectivity index (χ3n) is 5.36. The Balaban J connectivity index is 1.39. The third-order valence-corrected chi connectivity index (χ3v) is 6.99. The summed E-state index contributed by atoms with van der Waals surface area (Å²) in [7, 11) is -2.36. The van der Waals surface area contributed by atoms with Gasteiger partial charge < -0.3 is 14.8 Å². The lowest BCUT2D eigenvalue weighted by molar-refractivity contribution is -0.118. The smallest absolute Gasteiger partial charge is 0.262 e. The molecule has 8 nitrogen and oxygen atoms in total. The minimum atomic E-state index is -3.85. The number of methoxy groups -OCH3 is 1. The molecule has 0 aromatic heterocycles. The number of hydrogen-bond donors (Lipinski definition) is 2. The molecule has 0 radical (unpaired) electrons. The lowest BCUT2D eigenvalue weighted by Crippen LogP contribution is -2.21. The number of amides is 1. The molecule has 4 aromatic carbocycles. The van der Waals surface area contributed by atoms with Crippen molar-refractivity contribution in [1.82, 2.24) is 0 Å². The highest BCUT2D eigenvalue weighted by Crippen LogP contribution is 2.25. The first-order valence-corrected chi connectivity index (χ1v) is 13.2. The van der Waals surface area contributed by atoms with Crippen LogP contribution < -0.4 is 19.5 Å². The van der Waals surface area contributed by atoms with Gasteiger partial charge in [0.05, 0.1) is 23.4 Å². The van der Waals surface area contributed by atoms with E-state index in [1.165, 1.54) is 37.4 Å². The van der Waals surface area contributed by atoms with E-state index in [2.05, 4.69) is 10.0 Å². The molecule has 4 rings (SSSR count). The number of ketones is 1. The number of carbonyl (C=O) groups is 2. The van der Waals surface area contributed by atoms with Crippen LogP contribution in [0.25, 0.3) is 0 Å². The van der Waals surface area contributed by atoms with E-state index in [1.807, 2.05) is 0 Å². The van der Waals surface area contributed by atoms with Crippen LogP contribution in [0.15, 0.2) is 102 Å². The maximum Gasteiger partial charge on any atom is 0.262 e. The fourth-order valence-electron chi connectivity index (χ4n) is 3.51. The third kappa shape index (κ3) is 6.70. The summed E-state index contributed by atoms with van der Waals surface area (Å²) in [6.45, 7) is -0.365. The van der Waals surface area contributed by atoms with Crippen LogP contribution in [0, 0.1) is 0 Å². The molecule has 0 atom stereocenters. The van der Waals surface area contributed by atoms with E-state index in [0.29, 0.717) is 27.7 Å². The maximum absolute atomic E-state index is 12.9. The van der Waals surface area contributed by atoms with Gasteiger partial charge in [-0.2, -0.15) is 0 Å². The number of rotatable bonds is 10. The fraction of sp³-hybridized carbons (Fsp3) is 0.0714. The second-order valence-corrected chi connectivity index (χ2v) is 10.1. The van der Waals surface area contributed by atoms with Crippen LogP contribution in [0.4, 0.5) is 11.4 Å². The molecular formula is C28H23ClN2O6S. The first kappa shape index (κ1) is 26.7. The van der Waals surface area contributed by atoms with Crippen LogP contribution in [-0.4, -0.2) is 33.8 Å². The van der Waals surface area contributed by atoms with Crippen molar-refractivity contribution in [2.75, 3.05) is 23.8 Å². The van der Waals surface area contributed by atoms with Crippen molar-refractivity contribution < 1.29 is 27.5 Å². The van der Waals surface area contributed by atoms with E-state index in [9.17, 15) is 18.0 Å². The van der Waals surface area contributed by atoms with Gasteiger partial charge in [-0.3, -0.25) is 14.3 Å². The molecule has 0 unspecified atom stereocenters. The van der Waals surface area contributed by atoms with Crippen LogP contribution in [0.3, 0.4) is 0 Å². The number of hydrogen-bond acceptors (Lipinski definition) is 6. The van der Waals surface area contributed by atoms with Crippen molar-refractivity contribution in [3.63, 3.8) is 0 Å². The summed E-state index contributed by atoms with van der Waals surface area (Å²) in [4.78, 5) is 25.5. The van der Waals surface area contributed by atoms with Crippen LogP contribution in [-0.2, 0) is 14.8 Å². The molecule has 1 amide bonds. The average molecular weight is 551 g/mol. The number of ether oxygens (including phenoxy) is 2. The number of benzene rings is 4. The Morgan fingerprint density at radius 1 is 0.842 bits per heavy atom. The molecule has 0 bridgehead atoms. The normalized spacial score (nSPS) is 10.9. The van der Waals surface area contributed by atoms with Crippen molar-refractivity contribution in [2.45, 2.75) is 4.90 Å². The van der Waals surface area contributed by atoms with Crippen molar-refractivity contribution in [3.05, 3.63) is 113 Å². The Hall–Kier alpha value is -4.34. The largest absolute Gasteiger partial charge is 0.497 e. The molecule has 0 saturated heterocycles. The summed E-state index contributed by atoms with van der Waals surface area (Å²) >= 11 is 6.09. The Morgan fingerprint density at radius 3 is 2.29 bits per heavy atom. The van der Waals surface area contributed by atoms with Crippen LogP contribution in [0.1, 0.15) is 15.9 Å². The van der Waals surface area contributed by atoms with Gasteiger partial charge in [-0.25, -0.2) is 8.42 Å². The van der Waals surface area contributed by atoms with Crippen LogP contribution in [0.5, 0.6) is 11.5 Å². The lowest BCUT2D eigenvalue weighted by atomic mass is 10.0. The molecule has 4 aromatic rings. The number of halogens is 1. The zero-order valence-corrected chi connectivity index (χ0v) is 21.8. The van der Waals surface area contributed by atoms with Crippen LogP contribution >= 0.6 is 11.6 Å². The lowest BCUT2D eigenvalue weighted by Gasteiger charge is -2.12. The summed E-state index contributed by atoms with van der Waals surface area (Å²) < 4.78 is 38.5. The van der Waals surface area contributed by atoms with Crippen molar-refractivity contribution in [2.24, 2.45) is 0 Å². The van der Waals surface area contributed by atoms with Gasteiger partial charge in [-0.05, 0) is 54.6 Å². The SMILES string of the molecule is COc1cccc(NS(=O)(=O)c2ccc(OCC(=O)Nc3ccc(Cl)cc3C(=O)c3ccccc3)cc2)c1. The standard InChI is InChI=1S/C28H23ClN2O6S/c1-36-23-9-5-8-21(17-23)31-38(34,35)24-13-11-22(12-14-24)37-18-27(32)30-26-15-10-20(29)16-25(26)28(33)19-6-3-2-4-7-19/h2-17,31H,18H2,1H3,(H,30,32). The van der Waals surface area contributed by atoms with Crippen molar-refractivity contribution in [3.8, 4) is 11.5 Å². The second-order valence-electron chi connectivity index (χ2n) is 8.03. The first-order chi connectivity index (χ1) is 18.2. The minimum Gasteiger partial charge on any atom is -0.497 e. The molecule has 0 heterocycles. The highest BCUT2D eigenvalue weighted by molar-refractivity contribution is 7.92. The molecule has 194 valence electrons. The number of anilines is 2. The van der Waals surface area contributed by atoms with E-state index >= 15 is 0 Å². The van der Waals surface area contributed by atoms with E-state index in [1.54, 1.807) is 66.7 Å². The Kier molecular flexibility index (Phi) is 8.30. The summed E-state index contributed by atoms with van der Waals surface area (Å²) in [6.07, 6.45) is 0. The van der Waals surface area contributed by atoms with Gasteiger partial charge in [0, 0.05) is 22.2 Å². The second kappa shape index (κ2) is 11.8. The van der Waals surface area contributed by atoms with Gasteiger partial charge >= 0.3 is 0 Å². The molecule has 0 aliphatic rings. The monoisotopic (exact) mass is 550 g/mol. The molecule has 0 saturated carbocycles. The Labute approximate surface area is 225 Å². The summed E-state index contributed by atoms with van der Waals surface area (Å²) in [6, 6.07) is 25.4. The predicted molar refractivity (Wildman–Crippen MR) is 146 cm³/mol. The van der Waals surface area contributed by atoms with E-state index < -0.39 is 15.9 Å². The van der Waals surface area contributed by atoms with Gasteiger partial charge in [0.1, 0.15) is 11.5 Å². The van der Waals surface area contributed by atoms with Crippen molar-refractivity contribution >= 4 is 44.7 Å². The predicted octanol–water partition coefficient (Wildman–Crippen LogP) is 5.40. The van der Waals surface area contributed by atoms with E-state index in [-0.39, 0.29) is 28.6 Å². The maximum atomic E-state index is 12.9. The summed E-state index contributed by atoms with van der Waals surface area (Å²) in [5.41, 5.74) is 1.35. The zero-order chi connectivity index (χ0) is 27.1. The summed E-state index contributed by atoms with van der Waals surface area (Å²) in [5, 5.41) is 3.03. The molecule has 0 aliphatic carbocycles. The topological polar surface area (TPSA) is 111 Å². The Bertz CT molecular complexity index is 1560. The fourth-order valence-corrected chi connectivity index (χ4v) is 4.73. The minimum absolute atomic E-state index is 0.0161. The highest BCUT2D eigenvalue weighted by Gasteiger charge is 2.17. The number of carbonyl (C=O) groups excluding carboxylic acids is 2. The highest BCUT2D eigenvalue weighted by atomic mass is 35.5. The van der Waals surface area contributed by atoms with Gasteiger partial charge in [0.2, 0.25) is 0 Å². The molecule has 0 aliphatic heterocycles. The van der Waals surface area contributed by atoms with Gasteiger partial charge in [0.15, 0.2) is 12.4 Å². The van der Waals surface area contributed by atoms with Crippen molar-refractivity contribution in [1.29, 1.82) is 0 Å². The first-order valence-electron chi connectivity index (χ1n) is 11.3. The summed E-state index contributed by atoms with van der Waals surface area (Å²) in [5.74, 6) is 0.00838. The molecule has 2 N–H and O–H groups in total. The zero-order valence-electron chi connectivity index (χ0n) is 20.2. The molecule has 0 fully saturated rings. The molecule has 10 heteroatoms. The van der Waals surface area contributed by atoms with Gasteiger partial charge in [-0.15, -0.1) is 0 Å². The molecular weight excluding hydrogens is 528 g/mol. The quantitative estimate of drug-likeness (QED) is 0.256. The number of nitrogens with one attached hydrogen (secondary N) is 2. The molecule has 38 heavy (non-hydrogen) atoms. The van der Waals surface area contributed by atoms with E-state index in [4.69, 9.17) is 21.1 Å². The number of sulfonamides is 1. The Morgan fingerprint density at radius 2 is 1.58 bits per heavy atom. The van der Waals surface area contributed by atoms with E-state index in [0.717, 1.165) is 0 Å². The van der Waals surface area contributed by atoms with Gasteiger partial charge in [-0.1, -0.05) is 48.0 Å². The van der Waals surface area contributed by atoms with Crippen LogP contribution in [0.2, 0.25) is 5.02 Å². The molecule has 0 spiro atoms. The average Bonchev–Trinajstić information content (AvgIpc) is 2.93.